The number of aliphatic hydroxyl groups is 2. The Labute approximate surface area is 93.1 Å². The van der Waals surface area contributed by atoms with Crippen LogP contribution in [-0.4, -0.2) is 48.1 Å². The minimum absolute atomic E-state index is 0.0232. The molecular formula is C11H26N2O2. The Balaban J connectivity index is 3.72. The van der Waals surface area contributed by atoms with Gasteiger partial charge in [-0.1, -0.05) is 27.2 Å². The number of unbranched alkanes of at least 4 members (excludes halogenated alkanes) is 1. The van der Waals surface area contributed by atoms with E-state index in [-0.39, 0.29) is 12.6 Å². The van der Waals surface area contributed by atoms with E-state index in [0.717, 1.165) is 19.4 Å². The maximum Gasteiger partial charge on any atom is 0.0839 e. The lowest BCUT2D eigenvalue weighted by atomic mass is 10.1. The van der Waals surface area contributed by atoms with Crippen LogP contribution in [0.25, 0.3) is 0 Å². The summed E-state index contributed by atoms with van der Waals surface area (Å²) in [4.78, 5) is 0. The number of nitrogens with one attached hydrogen (secondary N) is 2. The third kappa shape index (κ3) is 7.73. The molecule has 0 aliphatic rings. The molecule has 4 nitrogen and oxygen atoms in total. The van der Waals surface area contributed by atoms with Gasteiger partial charge in [-0.25, -0.2) is 0 Å². The van der Waals surface area contributed by atoms with Gasteiger partial charge in [0.2, 0.25) is 0 Å². The highest BCUT2D eigenvalue weighted by Gasteiger charge is 2.17. The summed E-state index contributed by atoms with van der Waals surface area (Å²) < 4.78 is 0. The molecule has 0 radical (unpaired) electrons. The monoisotopic (exact) mass is 218 g/mol. The zero-order valence-electron chi connectivity index (χ0n) is 10.2. The van der Waals surface area contributed by atoms with Crippen molar-refractivity contribution in [3.8, 4) is 0 Å². The molecule has 2 unspecified atom stereocenters. The van der Waals surface area contributed by atoms with Gasteiger partial charge in [-0.05, 0) is 13.0 Å². The molecule has 0 aromatic heterocycles. The van der Waals surface area contributed by atoms with Crippen molar-refractivity contribution >= 4 is 0 Å². The van der Waals surface area contributed by atoms with Crippen molar-refractivity contribution in [3.63, 3.8) is 0 Å². The zero-order valence-corrected chi connectivity index (χ0v) is 10.2. The van der Waals surface area contributed by atoms with Crippen LogP contribution in [0.4, 0.5) is 0 Å². The van der Waals surface area contributed by atoms with E-state index in [0.29, 0.717) is 12.6 Å². The van der Waals surface area contributed by atoms with Crippen molar-refractivity contribution in [2.75, 3.05) is 19.7 Å². The van der Waals surface area contributed by atoms with Gasteiger partial charge in [-0.15, -0.1) is 0 Å². The van der Waals surface area contributed by atoms with Gasteiger partial charge in [-0.3, -0.25) is 0 Å². The summed E-state index contributed by atoms with van der Waals surface area (Å²) in [6.45, 7) is 7.52. The van der Waals surface area contributed by atoms with Crippen molar-refractivity contribution < 1.29 is 10.2 Å². The minimum Gasteiger partial charge on any atom is -0.395 e. The molecule has 0 aromatic rings. The molecule has 4 N–H and O–H groups in total. The van der Waals surface area contributed by atoms with Crippen LogP contribution in [0.15, 0.2) is 0 Å². The van der Waals surface area contributed by atoms with Crippen LogP contribution in [-0.2, 0) is 0 Å². The van der Waals surface area contributed by atoms with Gasteiger partial charge in [0.1, 0.15) is 0 Å². The van der Waals surface area contributed by atoms with E-state index in [1.807, 2.05) is 13.8 Å². The summed E-state index contributed by atoms with van der Waals surface area (Å²) in [5.41, 5.74) is 0. The fourth-order valence-electron chi connectivity index (χ4n) is 1.29. The summed E-state index contributed by atoms with van der Waals surface area (Å²) in [5, 5.41) is 25.2. The molecule has 0 spiro atoms. The third-order valence-corrected chi connectivity index (χ3v) is 2.33. The molecule has 15 heavy (non-hydrogen) atoms. The Morgan fingerprint density at radius 2 is 1.87 bits per heavy atom. The SMILES string of the molecule is CCCCNC(CO)C(O)CNC(C)C. The minimum atomic E-state index is -0.533. The highest BCUT2D eigenvalue weighted by molar-refractivity contribution is 4.77. The van der Waals surface area contributed by atoms with E-state index in [2.05, 4.69) is 17.6 Å². The Bertz CT molecular complexity index is 143. The first-order valence-electron chi connectivity index (χ1n) is 5.87. The van der Waals surface area contributed by atoms with E-state index < -0.39 is 6.10 Å². The fraction of sp³-hybridized carbons (Fsp3) is 1.00. The number of hydrogen-bond acceptors (Lipinski definition) is 4. The second kappa shape index (κ2) is 9.09. The van der Waals surface area contributed by atoms with Crippen molar-refractivity contribution in [1.82, 2.24) is 10.6 Å². The summed E-state index contributed by atoms with van der Waals surface area (Å²) >= 11 is 0. The average molecular weight is 218 g/mol. The van der Waals surface area contributed by atoms with Crippen LogP contribution >= 0.6 is 0 Å². The first-order valence-corrected chi connectivity index (χ1v) is 5.87. The molecule has 0 heterocycles. The molecule has 0 aliphatic carbocycles. The van der Waals surface area contributed by atoms with Crippen molar-refractivity contribution in [1.29, 1.82) is 0 Å². The van der Waals surface area contributed by atoms with E-state index in [9.17, 15) is 5.11 Å². The van der Waals surface area contributed by atoms with Gasteiger partial charge in [-0.2, -0.15) is 0 Å². The van der Waals surface area contributed by atoms with Crippen LogP contribution in [0.5, 0.6) is 0 Å². The summed E-state index contributed by atoms with van der Waals surface area (Å²) in [6.07, 6.45) is 1.65. The highest BCUT2D eigenvalue weighted by atomic mass is 16.3. The third-order valence-electron chi connectivity index (χ3n) is 2.33. The van der Waals surface area contributed by atoms with E-state index >= 15 is 0 Å². The summed E-state index contributed by atoms with van der Waals surface area (Å²) in [6, 6.07) is 0.137. The molecular weight excluding hydrogens is 192 g/mol. The molecule has 92 valence electrons. The van der Waals surface area contributed by atoms with Crippen LogP contribution in [0, 0.1) is 0 Å². The predicted molar refractivity (Wildman–Crippen MR) is 62.9 cm³/mol. The second-order valence-electron chi connectivity index (χ2n) is 4.23. The molecule has 0 aliphatic heterocycles. The van der Waals surface area contributed by atoms with E-state index in [1.165, 1.54) is 0 Å². The first kappa shape index (κ1) is 14.8. The molecule has 0 bridgehead atoms. The highest BCUT2D eigenvalue weighted by Crippen LogP contribution is 1.94. The standard InChI is InChI=1S/C11H26N2O2/c1-4-5-6-12-10(8-14)11(15)7-13-9(2)3/h9-15H,4-8H2,1-3H3. The topological polar surface area (TPSA) is 64.5 Å². The van der Waals surface area contributed by atoms with Crippen LogP contribution in [0.1, 0.15) is 33.6 Å². The van der Waals surface area contributed by atoms with Gasteiger partial charge < -0.3 is 20.8 Å². The lowest BCUT2D eigenvalue weighted by molar-refractivity contribution is 0.0877. The van der Waals surface area contributed by atoms with E-state index in [1.54, 1.807) is 0 Å². The van der Waals surface area contributed by atoms with Crippen molar-refractivity contribution in [3.05, 3.63) is 0 Å². The Hall–Kier alpha value is -0.160. The summed E-state index contributed by atoms with van der Waals surface area (Å²) in [5.74, 6) is 0. The maximum atomic E-state index is 9.77. The average Bonchev–Trinajstić information content (AvgIpc) is 2.21. The number of aliphatic hydroxyl groups excluding tert-OH is 2. The zero-order chi connectivity index (χ0) is 11.7. The second-order valence-corrected chi connectivity index (χ2v) is 4.23. The molecule has 0 saturated heterocycles. The molecule has 0 fully saturated rings. The molecule has 0 aromatic carbocycles. The van der Waals surface area contributed by atoms with Crippen LogP contribution < -0.4 is 10.6 Å². The fourth-order valence-corrected chi connectivity index (χ4v) is 1.29. The lowest BCUT2D eigenvalue weighted by Crippen LogP contribution is -2.48. The predicted octanol–water partition coefficient (Wildman–Crippen LogP) is 0.0959. The van der Waals surface area contributed by atoms with Crippen LogP contribution in [0.2, 0.25) is 0 Å². The number of rotatable bonds is 9. The lowest BCUT2D eigenvalue weighted by Gasteiger charge is -2.23. The Kier molecular flexibility index (Phi) is 9.00. The largest absolute Gasteiger partial charge is 0.395 e. The quantitative estimate of drug-likeness (QED) is 0.414. The normalized spacial score (nSPS) is 15.6. The van der Waals surface area contributed by atoms with Gasteiger partial charge in [0.15, 0.2) is 0 Å². The Morgan fingerprint density at radius 3 is 2.33 bits per heavy atom. The van der Waals surface area contributed by atoms with Gasteiger partial charge in [0.05, 0.1) is 18.8 Å². The molecule has 0 rings (SSSR count). The van der Waals surface area contributed by atoms with Crippen LogP contribution in [0.3, 0.4) is 0 Å². The smallest absolute Gasteiger partial charge is 0.0839 e. The summed E-state index contributed by atoms with van der Waals surface area (Å²) in [7, 11) is 0. The molecule has 0 amide bonds. The van der Waals surface area contributed by atoms with Crippen molar-refractivity contribution in [2.24, 2.45) is 0 Å². The molecule has 0 saturated carbocycles. The van der Waals surface area contributed by atoms with Crippen molar-refractivity contribution in [2.45, 2.75) is 51.8 Å². The van der Waals surface area contributed by atoms with Gasteiger partial charge in [0.25, 0.3) is 0 Å². The maximum absolute atomic E-state index is 9.77. The van der Waals surface area contributed by atoms with E-state index in [4.69, 9.17) is 5.11 Å². The van der Waals surface area contributed by atoms with Gasteiger partial charge in [0, 0.05) is 12.6 Å². The first-order chi connectivity index (χ1) is 7.11. The molecule has 4 heteroatoms. The molecule has 2 atom stereocenters. The van der Waals surface area contributed by atoms with Gasteiger partial charge >= 0.3 is 0 Å². The number of hydrogen-bond donors (Lipinski definition) is 4. The Morgan fingerprint density at radius 1 is 1.20 bits per heavy atom.